The summed E-state index contributed by atoms with van der Waals surface area (Å²) in [4.78, 5) is 36.4. The average Bonchev–Trinajstić information content (AvgIpc) is 2.75. The summed E-state index contributed by atoms with van der Waals surface area (Å²) in [6.45, 7) is 1.64. The van der Waals surface area contributed by atoms with Crippen molar-refractivity contribution in [1.29, 1.82) is 0 Å². The van der Waals surface area contributed by atoms with Gasteiger partial charge in [0.25, 0.3) is 5.56 Å². The lowest BCUT2D eigenvalue weighted by Gasteiger charge is -2.32. The number of carbonyl (C=O) groups is 1. The number of rotatable bonds is 4. The van der Waals surface area contributed by atoms with Crippen LogP contribution in [0, 0.1) is 5.92 Å². The second-order valence-electron chi connectivity index (χ2n) is 7.06. The number of fused-ring (bicyclic) bond motifs is 1. The van der Waals surface area contributed by atoms with Crippen LogP contribution in [0.3, 0.4) is 0 Å². The molecule has 1 aromatic carbocycles. The van der Waals surface area contributed by atoms with E-state index in [0.29, 0.717) is 36.6 Å². The zero-order chi connectivity index (χ0) is 19.5. The quantitative estimate of drug-likeness (QED) is 0.750. The first-order valence-corrected chi connectivity index (χ1v) is 9.53. The topological polar surface area (TPSA) is 80.1 Å². The number of hydrogen-bond donors (Lipinski definition) is 1. The minimum absolute atomic E-state index is 0.0109. The molecule has 1 atom stereocenters. The van der Waals surface area contributed by atoms with Gasteiger partial charge in [0.1, 0.15) is 5.52 Å². The third-order valence-electron chi connectivity index (χ3n) is 5.21. The number of pyridine rings is 1. The number of benzene rings is 1. The van der Waals surface area contributed by atoms with Crippen molar-refractivity contribution in [2.24, 2.45) is 5.92 Å². The number of anilines is 1. The van der Waals surface area contributed by atoms with Crippen molar-refractivity contribution in [3.8, 4) is 0 Å². The molecule has 1 amide bonds. The van der Waals surface area contributed by atoms with E-state index in [1.54, 1.807) is 17.8 Å². The smallest absolute Gasteiger partial charge is 0.295 e. The van der Waals surface area contributed by atoms with Crippen LogP contribution >= 0.6 is 0 Å². The lowest BCUT2D eigenvalue weighted by molar-refractivity contribution is -0.124. The second kappa shape index (κ2) is 7.80. The molecule has 0 aliphatic carbocycles. The number of nitrogens with one attached hydrogen (secondary N) is 1. The molecule has 1 saturated heterocycles. The number of nitrogens with zero attached hydrogens (tertiary/aromatic N) is 4. The van der Waals surface area contributed by atoms with Gasteiger partial charge in [-0.2, -0.15) is 0 Å². The summed E-state index contributed by atoms with van der Waals surface area (Å²) in [5, 5.41) is 2.72. The summed E-state index contributed by atoms with van der Waals surface area (Å²) in [5.41, 5.74) is 2.10. The highest BCUT2D eigenvalue weighted by Gasteiger charge is 2.28. The van der Waals surface area contributed by atoms with Crippen LogP contribution in [0.5, 0.6) is 0 Å². The minimum atomic E-state index is -0.174. The highest BCUT2D eigenvalue weighted by atomic mass is 16.2. The van der Waals surface area contributed by atoms with E-state index in [-0.39, 0.29) is 17.4 Å². The van der Waals surface area contributed by atoms with Gasteiger partial charge in [-0.25, -0.2) is 9.97 Å². The van der Waals surface area contributed by atoms with Crippen LogP contribution in [0.2, 0.25) is 0 Å². The third-order valence-corrected chi connectivity index (χ3v) is 5.21. The molecule has 0 saturated carbocycles. The Hall–Kier alpha value is -3.22. The first-order chi connectivity index (χ1) is 13.7. The molecular formula is C21H23N5O2. The van der Waals surface area contributed by atoms with Crippen LogP contribution in [-0.4, -0.2) is 40.6 Å². The molecule has 0 bridgehead atoms. The highest BCUT2D eigenvalue weighted by Crippen LogP contribution is 2.21. The Morgan fingerprint density at radius 3 is 2.82 bits per heavy atom. The predicted molar refractivity (Wildman–Crippen MR) is 108 cm³/mol. The van der Waals surface area contributed by atoms with Crippen LogP contribution in [0.25, 0.3) is 11.2 Å². The Bertz CT molecular complexity index is 1050. The third kappa shape index (κ3) is 3.47. The predicted octanol–water partition coefficient (Wildman–Crippen LogP) is 1.80. The van der Waals surface area contributed by atoms with E-state index >= 15 is 0 Å². The van der Waals surface area contributed by atoms with Crippen molar-refractivity contribution in [2.45, 2.75) is 19.4 Å². The van der Waals surface area contributed by atoms with Gasteiger partial charge in [-0.05, 0) is 30.5 Å². The van der Waals surface area contributed by atoms with Crippen LogP contribution in [0.15, 0.2) is 53.5 Å². The molecule has 1 N–H and O–H groups in total. The molecule has 2 aromatic heterocycles. The molecule has 1 aliphatic heterocycles. The molecule has 28 heavy (non-hydrogen) atoms. The molecule has 144 valence electrons. The fraction of sp³-hybridized carbons (Fsp3) is 0.333. The molecule has 4 rings (SSSR count). The maximum Gasteiger partial charge on any atom is 0.295 e. The van der Waals surface area contributed by atoms with Crippen LogP contribution < -0.4 is 15.8 Å². The fourth-order valence-corrected chi connectivity index (χ4v) is 3.77. The fourth-order valence-electron chi connectivity index (χ4n) is 3.77. The molecule has 7 nitrogen and oxygen atoms in total. The Kier molecular flexibility index (Phi) is 5.06. The molecule has 3 heterocycles. The van der Waals surface area contributed by atoms with Gasteiger partial charge in [-0.3, -0.25) is 14.2 Å². The molecule has 0 radical (unpaired) electrons. The number of aromatic nitrogens is 3. The lowest BCUT2D eigenvalue weighted by Crippen LogP contribution is -2.45. The Labute approximate surface area is 163 Å². The number of piperidine rings is 1. The number of carbonyl (C=O) groups excluding carboxylic acids is 1. The van der Waals surface area contributed by atoms with Crippen LogP contribution in [0.1, 0.15) is 18.4 Å². The van der Waals surface area contributed by atoms with Gasteiger partial charge < -0.3 is 10.2 Å². The summed E-state index contributed by atoms with van der Waals surface area (Å²) in [5.74, 6) is 0.272. The van der Waals surface area contributed by atoms with E-state index in [1.807, 2.05) is 47.4 Å². The highest BCUT2D eigenvalue weighted by molar-refractivity contribution is 5.79. The van der Waals surface area contributed by atoms with Crippen LogP contribution in [0.4, 0.5) is 5.82 Å². The summed E-state index contributed by atoms with van der Waals surface area (Å²) in [7, 11) is 1.65. The van der Waals surface area contributed by atoms with Gasteiger partial charge in [0.05, 0.1) is 12.5 Å². The molecule has 0 spiro atoms. The second-order valence-corrected chi connectivity index (χ2v) is 7.06. The number of hydrogen-bond acceptors (Lipinski definition) is 5. The first-order valence-electron chi connectivity index (χ1n) is 9.53. The standard InChI is InChI=1S/C21H23N5O2/c1-22-20(27)16-9-6-12-25(14-16)19-21(28)26(13-15-7-3-2-4-8-15)18-17(24-19)10-5-11-23-18/h2-5,7-8,10-11,16H,6,9,12-14H2,1H3,(H,22,27). The van der Waals surface area contributed by atoms with Gasteiger partial charge in [0, 0.05) is 26.3 Å². The van der Waals surface area contributed by atoms with E-state index in [9.17, 15) is 9.59 Å². The van der Waals surface area contributed by atoms with Gasteiger partial charge in [-0.1, -0.05) is 30.3 Å². The maximum atomic E-state index is 13.4. The van der Waals surface area contributed by atoms with E-state index in [0.717, 1.165) is 18.4 Å². The minimum Gasteiger partial charge on any atom is -0.359 e. The van der Waals surface area contributed by atoms with Crippen molar-refractivity contribution >= 4 is 22.9 Å². The Balaban J connectivity index is 1.78. The molecule has 1 unspecified atom stereocenters. The van der Waals surface area contributed by atoms with Gasteiger partial charge in [0.2, 0.25) is 5.91 Å². The first kappa shape index (κ1) is 18.2. The normalized spacial score (nSPS) is 16.9. The summed E-state index contributed by atoms with van der Waals surface area (Å²) < 4.78 is 1.68. The van der Waals surface area contributed by atoms with Gasteiger partial charge in [-0.15, -0.1) is 0 Å². The van der Waals surface area contributed by atoms with Crippen molar-refractivity contribution in [2.75, 3.05) is 25.0 Å². The van der Waals surface area contributed by atoms with E-state index in [4.69, 9.17) is 0 Å². The SMILES string of the molecule is CNC(=O)C1CCCN(c2nc3cccnc3n(Cc3ccccc3)c2=O)C1. The summed E-state index contributed by atoms with van der Waals surface area (Å²) in [6, 6.07) is 13.5. The molecule has 7 heteroatoms. The Morgan fingerprint density at radius 2 is 2.04 bits per heavy atom. The molecule has 1 aliphatic rings. The van der Waals surface area contributed by atoms with Crippen molar-refractivity contribution in [3.05, 3.63) is 64.6 Å². The van der Waals surface area contributed by atoms with Crippen molar-refractivity contribution < 1.29 is 4.79 Å². The van der Waals surface area contributed by atoms with Gasteiger partial charge >= 0.3 is 0 Å². The van der Waals surface area contributed by atoms with Crippen molar-refractivity contribution in [3.63, 3.8) is 0 Å². The zero-order valence-corrected chi connectivity index (χ0v) is 15.8. The average molecular weight is 377 g/mol. The van der Waals surface area contributed by atoms with E-state index in [2.05, 4.69) is 15.3 Å². The van der Waals surface area contributed by atoms with Gasteiger partial charge in [0.15, 0.2) is 11.5 Å². The molecule has 1 fully saturated rings. The molecule has 3 aromatic rings. The largest absolute Gasteiger partial charge is 0.359 e. The molecular weight excluding hydrogens is 354 g/mol. The Morgan fingerprint density at radius 1 is 1.21 bits per heavy atom. The number of amides is 1. The monoisotopic (exact) mass is 377 g/mol. The van der Waals surface area contributed by atoms with E-state index < -0.39 is 0 Å². The zero-order valence-electron chi connectivity index (χ0n) is 15.8. The maximum absolute atomic E-state index is 13.4. The van der Waals surface area contributed by atoms with Crippen LogP contribution in [-0.2, 0) is 11.3 Å². The lowest BCUT2D eigenvalue weighted by atomic mass is 9.97. The van der Waals surface area contributed by atoms with E-state index in [1.165, 1.54) is 0 Å². The summed E-state index contributed by atoms with van der Waals surface area (Å²) >= 11 is 0. The van der Waals surface area contributed by atoms with Crippen molar-refractivity contribution in [1.82, 2.24) is 19.9 Å². The summed E-state index contributed by atoms with van der Waals surface area (Å²) in [6.07, 6.45) is 3.35.